The zero-order valence-corrected chi connectivity index (χ0v) is 28.4. The van der Waals surface area contributed by atoms with Gasteiger partial charge in [0.2, 0.25) is 5.60 Å². The molecule has 1 saturated heterocycles. The molecule has 7 N–H and O–H groups in total. The third kappa shape index (κ3) is 6.59. The van der Waals surface area contributed by atoms with Crippen molar-refractivity contribution in [1.29, 1.82) is 5.41 Å². The summed E-state index contributed by atoms with van der Waals surface area (Å²) in [6, 6.07) is 4.64. The van der Waals surface area contributed by atoms with E-state index in [1.54, 1.807) is 0 Å². The molecule has 1 fully saturated rings. The summed E-state index contributed by atoms with van der Waals surface area (Å²) in [5.74, 6) is -4.17. The number of carbonyl (C=O) groups is 4. The highest BCUT2D eigenvalue weighted by Gasteiger charge is 2.53. The number of thiazole rings is 1. The number of nitrogens with two attached hydrogens (primary N) is 2. The van der Waals surface area contributed by atoms with Gasteiger partial charge in [0.15, 0.2) is 29.8 Å². The highest BCUT2D eigenvalue weighted by molar-refractivity contribution is 8.00. The lowest BCUT2D eigenvalue weighted by Crippen LogP contribution is -2.71. The average Bonchev–Trinajstić information content (AvgIpc) is 3.80. The number of amides is 2. The molecular weight excluding hydrogens is 695 g/mol. The number of aliphatic carboxylic acids is 2. The number of pyridine rings is 1. The van der Waals surface area contributed by atoms with Gasteiger partial charge in [-0.1, -0.05) is 5.16 Å². The van der Waals surface area contributed by atoms with Crippen molar-refractivity contribution in [3.05, 3.63) is 75.0 Å². The number of anilines is 1. The molecule has 2 atom stereocenters. The Labute approximate surface area is 290 Å². The minimum atomic E-state index is -1.78. The number of carboxylic acids is 2. The minimum absolute atomic E-state index is 0.00299. The monoisotopic (exact) mass is 723 g/mol. The molecule has 6 rings (SSSR count). The van der Waals surface area contributed by atoms with Crippen LogP contribution in [0, 0.1) is 5.41 Å². The van der Waals surface area contributed by atoms with Crippen LogP contribution < -0.4 is 26.5 Å². The number of hydrogen-bond donors (Lipinski definition) is 5. The van der Waals surface area contributed by atoms with Gasteiger partial charge in [-0.2, -0.15) is 4.57 Å². The Kier molecular flexibility index (Phi) is 8.90. The summed E-state index contributed by atoms with van der Waals surface area (Å²) in [5.41, 5.74) is 10.9. The third-order valence-electron chi connectivity index (χ3n) is 7.82. The number of nitrogens with one attached hydrogen (secondary N) is 2. The van der Waals surface area contributed by atoms with Gasteiger partial charge in [0.05, 0.1) is 18.2 Å². The molecule has 4 aromatic rings. The maximum Gasteiger partial charge on any atom is 0.350 e. The van der Waals surface area contributed by atoms with Gasteiger partial charge < -0.3 is 41.2 Å². The van der Waals surface area contributed by atoms with E-state index < -0.39 is 46.5 Å². The number of thiophene rings is 1. The summed E-state index contributed by atoms with van der Waals surface area (Å²) in [6.07, 6.45) is 5.66. The molecule has 0 spiro atoms. The standard InChI is InChI=1S/C30H29N9O7S3/c1-30(2,28(44)45)46-36-20(18-13-49-29(33)34-18)24(40)35-21-25(41)39-22(27(42)43)16(12-48-26(21)39)8-37-5-3-14-4-6-38(19(14)10-37)9-17-7-15(11-47-17)23(31)32/h3-7,10-11,13,21,26H,8-9,12H2,1-2H3,(H7-,31,32,33,34,35,40,42,43,44,45)/b36-20-/t21-,26-/m1/s1. The SMILES string of the molecule is CC(C)(O/N=C(\C(=O)N[C@@H]1C(=O)N2C(C(=O)[O-])=C(C[n+]3ccc4ccn(Cc5cc(C(=N)N)cs5)c4c3)CS[C@H]12)c1csc(N)n1)C(=O)O. The van der Waals surface area contributed by atoms with Crippen molar-refractivity contribution < 1.29 is 38.8 Å². The van der Waals surface area contributed by atoms with E-state index >= 15 is 0 Å². The fraction of sp³-hybridized carbons (Fsp3) is 0.267. The summed E-state index contributed by atoms with van der Waals surface area (Å²) in [5, 5.41) is 39.4. The van der Waals surface area contributed by atoms with E-state index in [1.807, 2.05) is 51.3 Å². The smallest absolute Gasteiger partial charge is 0.350 e. The number of amidine groups is 1. The van der Waals surface area contributed by atoms with E-state index in [2.05, 4.69) is 15.5 Å². The Morgan fingerprint density at radius 3 is 2.71 bits per heavy atom. The van der Waals surface area contributed by atoms with Crippen molar-refractivity contribution in [1.82, 2.24) is 19.8 Å². The second kappa shape index (κ2) is 13.0. The van der Waals surface area contributed by atoms with Gasteiger partial charge in [0.25, 0.3) is 11.8 Å². The van der Waals surface area contributed by atoms with Gasteiger partial charge in [0, 0.05) is 50.2 Å². The molecule has 2 amide bonds. The first kappa shape index (κ1) is 33.6. The van der Waals surface area contributed by atoms with Gasteiger partial charge in [-0.25, -0.2) is 9.78 Å². The summed E-state index contributed by atoms with van der Waals surface area (Å²) in [6.45, 7) is 3.20. The summed E-state index contributed by atoms with van der Waals surface area (Å²) in [7, 11) is 0. The molecule has 0 aliphatic carbocycles. The molecule has 254 valence electrons. The Balaban J connectivity index is 1.21. The van der Waals surface area contributed by atoms with Gasteiger partial charge in [-0.15, -0.1) is 34.4 Å². The van der Waals surface area contributed by atoms with Crippen molar-refractivity contribution in [3.8, 4) is 0 Å². The van der Waals surface area contributed by atoms with Crippen LogP contribution in [0.2, 0.25) is 0 Å². The van der Waals surface area contributed by atoms with Crippen LogP contribution >= 0.6 is 34.4 Å². The number of rotatable bonds is 12. The summed E-state index contributed by atoms with van der Waals surface area (Å²) >= 11 is 3.80. The fourth-order valence-corrected chi connectivity index (χ4v) is 7.96. The third-order valence-corrected chi connectivity index (χ3v) is 10.8. The molecule has 6 heterocycles. The molecule has 0 saturated carbocycles. The topological polar surface area (TPSA) is 246 Å². The largest absolute Gasteiger partial charge is 0.543 e. The van der Waals surface area contributed by atoms with E-state index in [4.69, 9.17) is 21.7 Å². The van der Waals surface area contributed by atoms with Crippen LogP contribution in [0.1, 0.15) is 30.0 Å². The lowest BCUT2D eigenvalue weighted by atomic mass is 10.0. The first-order valence-electron chi connectivity index (χ1n) is 14.5. The predicted octanol–water partition coefficient (Wildman–Crippen LogP) is 0.0494. The van der Waals surface area contributed by atoms with Gasteiger partial charge in [-0.05, 0) is 26.0 Å². The predicted molar refractivity (Wildman–Crippen MR) is 179 cm³/mol. The normalized spacial score (nSPS) is 17.9. The number of carbonyl (C=O) groups excluding carboxylic acids is 3. The lowest BCUT2D eigenvalue weighted by molar-refractivity contribution is -0.687. The molecule has 49 heavy (non-hydrogen) atoms. The van der Waals surface area contributed by atoms with E-state index in [0.29, 0.717) is 17.7 Å². The number of nitrogen functional groups attached to an aromatic ring is 2. The Hall–Kier alpha value is -5.27. The molecule has 2 aliphatic rings. The van der Waals surface area contributed by atoms with Crippen molar-refractivity contribution >= 4 is 85.8 Å². The molecule has 4 aromatic heterocycles. The van der Waals surface area contributed by atoms with Crippen LogP contribution in [0.25, 0.3) is 10.9 Å². The molecule has 16 nitrogen and oxygen atoms in total. The highest BCUT2D eigenvalue weighted by Crippen LogP contribution is 2.40. The first-order chi connectivity index (χ1) is 23.2. The van der Waals surface area contributed by atoms with Crippen LogP contribution in [0.15, 0.2) is 64.0 Å². The quantitative estimate of drug-likeness (QED) is 0.0430. The van der Waals surface area contributed by atoms with E-state index in [9.17, 15) is 29.4 Å². The van der Waals surface area contributed by atoms with E-state index in [0.717, 1.165) is 32.0 Å². The molecule has 2 aliphatic heterocycles. The fourth-order valence-electron chi connectivity index (χ4n) is 5.20. The maximum absolute atomic E-state index is 13.4. The first-order valence-corrected chi connectivity index (χ1v) is 17.3. The number of carboxylic acid groups (broad SMARTS) is 2. The molecule has 0 aromatic carbocycles. The second-order valence-electron chi connectivity index (χ2n) is 11.6. The molecule has 0 bridgehead atoms. The second-order valence-corrected chi connectivity index (χ2v) is 14.6. The Bertz CT molecular complexity index is 2100. The lowest BCUT2D eigenvalue weighted by Gasteiger charge is -2.50. The number of oxime groups is 1. The summed E-state index contributed by atoms with van der Waals surface area (Å²) < 4.78 is 3.87. The van der Waals surface area contributed by atoms with Gasteiger partial charge in [0.1, 0.15) is 28.5 Å². The zero-order valence-electron chi connectivity index (χ0n) is 25.9. The van der Waals surface area contributed by atoms with E-state index in [-0.39, 0.29) is 34.7 Å². The minimum Gasteiger partial charge on any atom is -0.543 e. The number of nitrogens with zero attached hydrogens (tertiary/aromatic N) is 5. The van der Waals surface area contributed by atoms with Gasteiger partial charge in [-0.3, -0.25) is 19.9 Å². The number of thioether (sulfide) groups is 1. The maximum atomic E-state index is 13.4. The zero-order chi connectivity index (χ0) is 35.2. The Morgan fingerprint density at radius 1 is 1.29 bits per heavy atom. The van der Waals surface area contributed by atoms with Crippen LogP contribution in [0.5, 0.6) is 0 Å². The molecule has 0 unspecified atom stereocenters. The van der Waals surface area contributed by atoms with Crippen molar-refractivity contribution in [2.24, 2.45) is 10.9 Å². The Morgan fingerprint density at radius 2 is 2.06 bits per heavy atom. The number of hydrogen-bond acceptors (Lipinski definition) is 13. The van der Waals surface area contributed by atoms with Crippen LogP contribution in [0.4, 0.5) is 5.13 Å². The highest BCUT2D eigenvalue weighted by atomic mass is 32.2. The molecule has 0 radical (unpaired) electrons. The van der Waals surface area contributed by atoms with Crippen LogP contribution in [0.3, 0.4) is 0 Å². The number of β-lactam (4-membered cyclic amide) rings is 1. The van der Waals surface area contributed by atoms with Crippen LogP contribution in [-0.2, 0) is 37.1 Å². The van der Waals surface area contributed by atoms with Crippen molar-refractivity contribution in [2.45, 2.75) is 44.0 Å². The molecule has 19 heteroatoms. The van der Waals surface area contributed by atoms with Crippen molar-refractivity contribution in [2.75, 3.05) is 11.5 Å². The van der Waals surface area contributed by atoms with Crippen molar-refractivity contribution in [3.63, 3.8) is 0 Å². The average molecular weight is 724 g/mol. The number of aromatic nitrogens is 3. The summed E-state index contributed by atoms with van der Waals surface area (Å²) in [4.78, 5) is 61.9. The van der Waals surface area contributed by atoms with E-state index in [1.165, 1.54) is 42.3 Å². The van der Waals surface area contributed by atoms with Crippen LogP contribution in [-0.4, -0.2) is 77.6 Å². The molecular formula is C30H29N9O7S3. The number of fused-ring (bicyclic) bond motifs is 2. The van der Waals surface area contributed by atoms with Gasteiger partial charge >= 0.3 is 5.97 Å².